The molecule has 1 aromatic rings. The smallest absolute Gasteiger partial charge is 0.368 e. The van der Waals surface area contributed by atoms with Crippen LogP contribution in [0.1, 0.15) is 18.4 Å². The number of hydrogen-bond acceptors (Lipinski definition) is 4. The van der Waals surface area contributed by atoms with E-state index in [0.29, 0.717) is 6.20 Å². The summed E-state index contributed by atoms with van der Waals surface area (Å²) in [6.07, 6.45) is -2.03. The number of alkyl halides is 3. The van der Waals surface area contributed by atoms with Crippen LogP contribution in [-0.4, -0.2) is 16.0 Å². The van der Waals surface area contributed by atoms with Gasteiger partial charge in [-0.2, -0.15) is 18.2 Å². The molecule has 98 valence electrons. The van der Waals surface area contributed by atoms with Gasteiger partial charge in [0.05, 0.1) is 0 Å². The van der Waals surface area contributed by atoms with Crippen LogP contribution in [0.15, 0.2) is 6.20 Å². The van der Waals surface area contributed by atoms with Gasteiger partial charge in [-0.05, 0) is 12.8 Å². The highest BCUT2D eigenvalue weighted by molar-refractivity contribution is 5.85. The zero-order chi connectivity index (χ0) is 11.1. The van der Waals surface area contributed by atoms with E-state index in [0.717, 1.165) is 12.8 Å². The van der Waals surface area contributed by atoms with Crippen molar-refractivity contribution in [3.63, 3.8) is 0 Å². The standard InChI is InChI=1S/C8H9F3N4.2ClH/c9-8(10,11)5-3-13-7(12)15-6(5)14-4-1-2-4;;/h3-4H,1-2H2,(H3,12,13,14,15);2*1H. The highest BCUT2D eigenvalue weighted by Crippen LogP contribution is 2.35. The Hall–Kier alpha value is -0.950. The fourth-order valence-electron chi connectivity index (χ4n) is 1.13. The molecule has 0 aliphatic heterocycles. The minimum Gasteiger partial charge on any atom is -0.368 e. The van der Waals surface area contributed by atoms with Gasteiger partial charge >= 0.3 is 6.18 Å². The van der Waals surface area contributed by atoms with E-state index in [1.165, 1.54) is 0 Å². The Morgan fingerprint density at radius 2 is 1.88 bits per heavy atom. The van der Waals surface area contributed by atoms with Crippen molar-refractivity contribution in [1.29, 1.82) is 0 Å². The van der Waals surface area contributed by atoms with Crippen LogP contribution in [-0.2, 0) is 6.18 Å². The van der Waals surface area contributed by atoms with Crippen LogP contribution in [0, 0.1) is 0 Å². The number of nitrogens with two attached hydrogens (primary N) is 1. The quantitative estimate of drug-likeness (QED) is 0.878. The summed E-state index contributed by atoms with van der Waals surface area (Å²) in [6.45, 7) is 0. The van der Waals surface area contributed by atoms with E-state index < -0.39 is 11.7 Å². The first-order valence-electron chi connectivity index (χ1n) is 4.43. The molecular formula is C8H11Cl2F3N4. The predicted molar refractivity (Wildman–Crippen MR) is 62.6 cm³/mol. The third kappa shape index (κ3) is 4.08. The Bertz CT molecular complexity index is 382. The van der Waals surface area contributed by atoms with Crippen LogP contribution in [0.25, 0.3) is 0 Å². The van der Waals surface area contributed by atoms with Crippen LogP contribution in [0.3, 0.4) is 0 Å². The molecule has 0 saturated heterocycles. The minimum absolute atomic E-state index is 0. The lowest BCUT2D eigenvalue weighted by molar-refractivity contribution is -0.137. The SMILES string of the molecule is Cl.Cl.Nc1ncc(C(F)(F)F)c(NC2CC2)n1. The molecule has 0 amide bonds. The van der Waals surface area contributed by atoms with Crippen LogP contribution >= 0.6 is 24.8 Å². The normalized spacial score (nSPS) is 14.5. The molecule has 1 aliphatic carbocycles. The van der Waals surface area contributed by atoms with Crippen molar-refractivity contribution in [2.24, 2.45) is 0 Å². The number of nitrogen functional groups attached to an aromatic ring is 1. The monoisotopic (exact) mass is 290 g/mol. The van der Waals surface area contributed by atoms with Crippen LogP contribution in [0.2, 0.25) is 0 Å². The van der Waals surface area contributed by atoms with Crippen molar-refractivity contribution < 1.29 is 13.2 Å². The van der Waals surface area contributed by atoms with Crippen molar-refractivity contribution in [3.05, 3.63) is 11.8 Å². The van der Waals surface area contributed by atoms with Crippen molar-refractivity contribution in [2.75, 3.05) is 11.1 Å². The second kappa shape index (κ2) is 5.59. The molecule has 0 radical (unpaired) electrons. The summed E-state index contributed by atoms with van der Waals surface area (Å²) in [6, 6.07) is 0.0837. The van der Waals surface area contributed by atoms with Gasteiger partial charge in [0.15, 0.2) is 0 Å². The summed E-state index contributed by atoms with van der Waals surface area (Å²) in [5.41, 5.74) is 4.37. The van der Waals surface area contributed by atoms with Crippen LogP contribution < -0.4 is 11.1 Å². The number of aromatic nitrogens is 2. The van der Waals surface area contributed by atoms with E-state index >= 15 is 0 Å². The first-order valence-corrected chi connectivity index (χ1v) is 4.43. The van der Waals surface area contributed by atoms with E-state index in [1.807, 2.05) is 0 Å². The van der Waals surface area contributed by atoms with Gasteiger partial charge in [-0.25, -0.2) is 4.98 Å². The maximum atomic E-state index is 12.5. The molecule has 0 aromatic carbocycles. The average Bonchev–Trinajstić information content (AvgIpc) is 2.85. The largest absolute Gasteiger partial charge is 0.421 e. The predicted octanol–water partition coefficient (Wildman–Crippen LogP) is 2.50. The van der Waals surface area contributed by atoms with E-state index in [1.54, 1.807) is 0 Å². The second-order valence-corrected chi connectivity index (χ2v) is 3.41. The molecule has 1 aliphatic rings. The number of nitrogens with zero attached hydrogens (tertiary/aromatic N) is 2. The van der Waals surface area contributed by atoms with Crippen molar-refractivity contribution in [3.8, 4) is 0 Å². The molecule has 1 fully saturated rings. The van der Waals surface area contributed by atoms with Gasteiger partial charge < -0.3 is 11.1 Å². The summed E-state index contributed by atoms with van der Waals surface area (Å²) < 4.78 is 37.5. The zero-order valence-electron chi connectivity index (χ0n) is 8.49. The first kappa shape index (κ1) is 16.1. The van der Waals surface area contributed by atoms with Gasteiger partial charge in [-0.1, -0.05) is 0 Å². The fraction of sp³-hybridized carbons (Fsp3) is 0.500. The Morgan fingerprint density at radius 1 is 1.29 bits per heavy atom. The lowest BCUT2D eigenvalue weighted by Gasteiger charge is -2.12. The highest BCUT2D eigenvalue weighted by atomic mass is 35.5. The lowest BCUT2D eigenvalue weighted by atomic mass is 10.3. The molecule has 0 unspecified atom stereocenters. The molecule has 1 aromatic heterocycles. The van der Waals surface area contributed by atoms with Crippen LogP contribution in [0.5, 0.6) is 0 Å². The maximum absolute atomic E-state index is 12.5. The number of rotatable bonds is 2. The molecule has 1 saturated carbocycles. The molecule has 0 spiro atoms. The minimum atomic E-state index is -4.45. The summed E-state index contributed by atoms with van der Waals surface area (Å²) in [5, 5.41) is 2.68. The van der Waals surface area contributed by atoms with Crippen molar-refractivity contribution in [1.82, 2.24) is 9.97 Å². The molecule has 3 N–H and O–H groups in total. The molecule has 0 atom stereocenters. The Morgan fingerprint density at radius 3 is 2.35 bits per heavy atom. The third-order valence-electron chi connectivity index (χ3n) is 2.03. The van der Waals surface area contributed by atoms with Gasteiger partial charge in [0.25, 0.3) is 0 Å². The average molecular weight is 291 g/mol. The summed E-state index contributed by atoms with van der Waals surface area (Å²) >= 11 is 0. The molecule has 9 heteroatoms. The Kier molecular flexibility index (Phi) is 5.28. The van der Waals surface area contributed by atoms with E-state index in [4.69, 9.17) is 5.73 Å². The van der Waals surface area contributed by atoms with Crippen molar-refractivity contribution >= 4 is 36.6 Å². The van der Waals surface area contributed by atoms with Gasteiger partial charge in [0.2, 0.25) is 5.95 Å². The molecule has 0 bridgehead atoms. The van der Waals surface area contributed by atoms with Gasteiger partial charge in [-0.3, -0.25) is 0 Å². The van der Waals surface area contributed by atoms with Gasteiger partial charge in [-0.15, -0.1) is 24.8 Å². The fourth-order valence-corrected chi connectivity index (χ4v) is 1.13. The Labute approximate surface area is 108 Å². The first-order chi connectivity index (χ1) is 6.97. The third-order valence-corrected chi connectivity index (χ3v) is 2.03. The molecule has 17 heavy (non-hydrogen) atoms. The molecule has 1 heterocycles. The number of nitrogens with one attached hydrogen (secondary N) is 1. The van der Waals surface area contributed by atoms with Crippen LogP contribution in [0.4, 0.5) is 24.9 Å². The molecular weight excluding hydrogens is 280 g/mol. The van der Waals surface area contributed by atoms with E-state index in [9.17, 15) is 13.2 Å². The van der Waals surface area contributed by atoms with E-state index in [2.05, 4.69) is 15.3 Å². The summed E-state index contributed by atoms with van der Waals surface area (Å²) in [7, 11) is 0. The second-order valence-electron chi connectivity index (χ2n) is 3.41. The molecule has 4 nitrogen and oxygen atoms in total. The lowest BCUT2D eigenvalue weighted by Crippen LogP contribution is -2.15. The zero-order valence-corrected chi connectivity index (χ0v) is 10.1. The number of hydrogen-bond donors (Lipinski definition) is 2. The number of halogens is 5. The highest BCUT2D eigenvalue weighted by Gasteiger charge is 2.36. The molecule has 2 rings (SSSR count). The maximum Gasteiger partial charge on any atom is 0.421 e. The Balaban J connectivity index is 0.00000128. The van der Waals surface area contributed by atoms with Crippen molar-refractivity contribution in [2.45, 2.75) is 25.1 Å². The topological polar surface area (TPSA) is 63.8 Å². The van der Waals surface area contributed by atoms with Gasteiger partial charge in [0, 0.05) is 12.2 Å². The number of anilines is 2. The van der Waals surface area contributed by atoms with Gasteiger partial charge in [0.1, 0.15) is 11.4 Å². The summed E-state index contributed by atoms with van der Waals surface area (Å²) in [5.74, 6) is -0.386. The summed E-state index contributed by atoms with van der Waals surface area (Å²) in [4.78, 5) is 6.90. The van der Waals surface area contributed by atoms with E-state index in [-0.39, 0.29) is 42.6 Å².